The van der Waals surface area contributed by atoms with Crippen molar-refractivity contribution < 1.29 is 19.1 Å². The molecule has 2 N–H and O–H groups in total. The van der Waals surface area contributed by atoms with Gasteiger partial charge in [-0.2, -0.15) is 0 Å². The predicted molar refractivity (Wildman–Crippen MR) is 122 cm³/mol. The van der Waals surface area contributed by atoms with Crippen LogP contribution < -0.4 is 10.5 Å². The summed E-state index contributed by atoms with van der Waals surface area (Å²) in [5.74, 6) is -0.203. The van der Waals surface area contributed by atoms with Crippen LogP contribution in [-0.4, -0.2) is 41.6 Å². The Labute approximate surface area is 189 Å². The number of rotatable bonds is 4. The average Bonchev–Trinajstić information content (AvgIpc) is 3.32. The van der Waals surface area contributed by atoms with Crippen LogP contribution in [0.4, 0.5) is 0 Å². The van der Waals surface area contributed by atoms with Gasteiger partial charge >= 0.3 is 5.97 Å². The van der Waals surface area contributed by atoms with Gasteiger partial charge < -0.3 is 20.1 Å². The summed E-state index contributed by atoms with van der Waals surface area (Å²) in [5, 5.41) is 0. The standard InChI is InChI=1S/C26H32N2O4/c1-5-31-25(30)23-20(26(2,3)4)21(27)22(16-11-7-6-8-12-16)28(23)24(29)19-15-17-13-9-10-14-18(17)32-19/h6-14,19-23H,5,15,27H2,1-4H3/t19?,20-,21-,22-,23-/m0/s1. The summed E-state index contributed by atoms with van der Waals surface area (Å²) in [6.45, 7) is 8.19. The minimum absolute atomic E-state index is 0.227. The number of benzene rings is 2. The normalized spacial score (nSPS) is 27.0. The molecule has 2 aromatic rings. The summed E-state index contributed by atoms with van der Waals surface area (Å²) in [6.07, 6.45) is -0.223. The van der Waals surface area contributed by atoms with E-state index in [4.69, 9.17) is 15.2 Å². The Hall–Kier alpha value is -2.86. The lowest BCUT2D eigenvalue weighted by Gasteiger charge is -2.35. The number of hydrogen-bond acceptors (Lipinski definition) is 5. The summed E-state index contributed by atoms with van der Waals surface area (Å²) >= 11 is 0. The van der Waals surface area contributed by atoms with Gasteiger partial charge in [0.05, 0.1) is 12.6 Å². The zero-order chi connectivity index (χ0) is 23.0. The van der Waals surface area contributed by atoms with Crippen LogP contribution in [0.15, 0.2) is 54.6 Å². The third kappa shape index (κ3) is 3.88. The summed E-state index contributed by atoms with van der Waals surface area (Å²) in [5.41, 5.74) is 8.41. The molecule has 6 heteroatoms. The van der Waals surface area contributed by atoms with E-state index in [0.717, 1.165) is 11.1 Å². The molecule has 1 fully saturated rings. The maximum Gasteiger partial charge on any atom is 0.329 e. The van der Waals surface area contributed by atoms with Gasteiger partial charge in [0, 0.05) is 18.4 Å². The average molecular weight is 437 g/mol. The second-order valence-corrected chi connectivity index (χ2v) is 9.69. The molecular weight excluding hydrogens is 404 g/mol. The maximum atomic E-state index is 14.0. The van der Waals surface area contributed by atoms with Crippen molar-refractivity contribution in [3.63, 3.8) is 0 Å². The highest BCUT2D eigenvalue weighted by Crippen LogP contribution is 2.48. The Morgan fingerprint density at radius 3 is 2.38 bits per heavy atom. The molecule has 4 rings (SSSR count). The van der Waals surface area contributed by atoms with Crippen molar-refractivity contribution in [3.8, 4) is 5.75 Å². The number of likely N-dealkylation sites (tertiary alicyclic amines) is 1. The van der Waals surface area contributed by atoms with Crippen LogP contribution >= 0.6 is 0 Å². The third-order valence-corrected chi connectivity index (χ3v) is 6.57. The van der Waals surface area contributed by atoms with E-state index in [2.05, 4.69) is 20.8 Å². The largest absolute Gasteiger partial charge is 0.480 e. The van der Waals surface area contributed by atoms with Gasteiger partial charge in [-0.3, -0.25) is 4.79 Å². The fourth-order valence-corrected chi connectivity index (χ4v) is 5.27. The number of hydrogen-bond donors (Lipinski definition) is 1. The first kappa shape index (κ1) is 22.3. The lowest BCUT2D eigenvalue weighted by molar-refractivity contribution is -0.159. The van der Waals surface area contributed by atoms with Crippen molar-refractivity contribution >= 4 is 11.9 Å². The van der Waals surface area contributed by atoms with E-state index in [1.807, 2.05) is 54.6 Å². The van der Waals surface area contributed by atoms with Crippen molar-refractivity contribution in [1.82, 2.24) is 4.90 Å². The highest BCUT2D eigenvalue weighted by atomic mass is 16.5. The van der Waals surface area contributed by atoms with Crippen LogP contribution in [0.2, 0.25) is 0 Å². The Balaban J connectivity index is 1.78. The van der Waals surface area contributed by atoms with Crippen molar-refractivity contribution in [2.24, 2.45) is 17.1 Å². The predicted octanol–water partition coefficient (Wildman–Crippen LogP) is 3.49. The number of fused-ring (bicyclic) bond motifs is 1. The van der Waals surface area contributed by atoms with Crippen molar-refractivity contribution in [1.29, 1.82) is 0 Å². The van der Waals surface area contributed by atoms with E-state index in [0.29, 0.717) is 12.2 Å². The van der Waals surface area contributed by atoms with E-state index in [1.165, 1.54) is 0 Å². The monoisotopic (exact) mass is 436 g/mol. The molecule has 2 heterocycles. The van der Waals surface area contributed by atoms with Gasteiger partial charge in [-0.1, -0.05) is 69.3 Å². The molecule has 170 valence electrons. The number of esters is 1. The molecule has 0 aromatic heterocycles. The Morgan fingerprint density at radius 1 is 1.09 bits per heavy atom. The van der Waals surface area contributed by atoms with E-state index in [9.17, 15) is 9.59 Å². The summed E-state index contributed by atoms with van der Waals surface area (Å²) in [7, 11) is 0. The third-order valence-electron chi connectivity index (χ3n) is 6.57. The molecule has 6 nitrogen and oxygen atoms in total. The molecule has 5 atom stereocenters. The molecule has 2 aliphatic rings. The molecular formula is C26H32N2O4. The number of nitrogens with two attached hydrogens (primary N) is 1. The second kappa shape index (κ2) is 8.58. The second-order valence-electron chi connectivity index (χ2n) is 9.69. The molecule has 2 aliphatic heterocycles. The molecule has 0 spiro atoms. The fraction of sp³-hybridized carbons (Fsp3) is 0.462. The minimum Gasteiger partial charge on any atom is -0.480 e. The number of ether oxygens (including phenoxy) is 2. The number of carbonyl (C=O) groups excluding carboxylic acids is 2. The van der Waals surface area contributed by atoms with Crippen molar-refractivity contribution in [3.05, 3.63) is 65.7 Å². The highest BCUT2D eigenvalue weighted by Gasteiger charge is 2.58. The molecule has 1 amide bonds. The van der Waals surface area contributed by atoms with E-state index >= 15 is 0 Å². The molecule has 0 aliphatic carbocycles. The smallest absolute Gasteiger partial charge is 0.329 e. The Kier molecular flexibility index (Phi) is 5.99. The molecule has 32 heavy (non-hydrogen) atoms. The first-order valence-corrected chi connectivity index (χ1v) is 11.3. The molecule has 1 unspecified atom stereocenters. The molecule has 2 aromatic carbocycles. The van der Waals surface area contributed by atoms with Crippen LogP contribution in [0.3, 0.4) is 0 Å². The summed E-state index contributed by atoms with van der Waals surface area (Å²) in [6, 6.07) is 15.7. The number of nitrogens with zero attached hydrogens (tertiary/aromatic N) is 1. The summed E-state index contributed by atoms with van der Waals surface area (Å²) < 4.78 is 11.5. The molecule has 0 radical (unpaired) electrons. The van der Waals surface area contributed by atoms with Crippen LogP contribution in [0.1, 0.15) is 44.9 Å². The van der Waals surface area contributed by atoms with Gasteiger partial charge in [-0.05, 0) is 29.5 Å². The van der Waals surface area contributed by atoms with Crippen LogP contribution in [-0.2, 0) is 20.7 Å². The Morgan fingerprint density at radius 2 is 1.75 bits per heavy atom. The zero-order valence-electron chi connectivity index (χ0n) is 19.2. The topological polar surface area (TPSA) is 81.9 Å². The quantitative estimate of drug-likeness (QED) is 0.742. The maximum absolute atomic E-state index is 14.0. The van der Waals surface area contributed by atoms with Crippen molar-refractivity contribution in [2.75, 3.05) is 6.61 Å². The minimum atomic E-state index is -0.782. The lowest BCUT2D eigenvalue weighted by atomic mass is 9.73. The van der Waals surface area contributed by atoms with Gasteiger partial charge in [0.1, 0.15) is 11.8 Å². The fourth-order valence-electron chi connectivity index (χ4n) is 5.27. The van der Waals surface area contributed by atoms with Gasteiger partial charge in [0.15, 0.2) is 6.10 Å². The van der Waals surface area contributed by atoms with E-state index in [1.54, 1.807) is 11.8 Å². The Bertz CT molecular complexity index is 960. The van der Waals surface area contributed by atoms with Crippen molar-refractivity contribution in [2.45, 2.75) is 58.3 Å². The summed E-state index contributed by atoms with van der Waals surface area (Å²) in [4.78, 5) is 28.9. The number of amides is 1. The van der Waals surface area contributed by atoms with E-state index in [-0.39, 0.29) is 23.8 Å². The van der Waals surface area contributed by atoms with Crippen LogP contribution in [0.5, 0.6) is 5.75 Å². The van der Waals surface area contributed by atoms with E-state index < -0.39 is 30.2 Å². The van der Waals surface area contributed by atoms with Crippen LogP contribution in [0, 0.1) is 11.3 Å². The van der Waals surface area contributed by atoms with Crippen LogP contribution in [0.25, 0.3) is 0 Å². The first-order chi connectivity index (χ1) is 15.2. The van der Waals surface area contributed by atoms with Gasteiger partial charge in [0.25, 0.3) is 5.91 Å². The zero-order valence-corrected chi connectivity index (χ0v) is 19.2. The lowest BCUT2D eigenvalue weighted by Crippen LogP contribution is -2.51. The van der Waals surface area contributed by atoms with Gasteiger partial charge in [-0.25, -0.2) is 4.79 Å². The molecule has 0 bridgehead atoms. The SMILES string of the molecule is CCOC(=O)[C@@H]1[C@@H](C(C)(C)C)[C@H](N)[C@H](c2ccccc2)N1C(=O)C1Cc2ccccc2O1. The first-order valence-electron chi connectivity index (χ1n) is 11.3. The van der Waals surface area contributed by atoms with Gasteiger partial charge in [-0.15, -0.1) is 0 Å². The van der Waals surface area contributed by atoms with Gasteiger partial charge in [0.2, 0.25) is 0 Å². The number of carbonyl (C=O) groups is 2. The highest BCUT2D eigenvalue weighted by molar-refractivity contribution is 5.90. The number of para-hydroxylation sites is 1. The molecule has 1 saturated heterocycles. The molecule has 0 saturated carbocycles.